The molecule has 0 saturated heterocycles. The lowest BCUT2D eigenvalue weighted by atomic mass is 10.2. The maximum absolute atomic E-state index is 12.3. The van der Waals surface area contributed by atoms with E-state index in [0.717, 1.165) is 10.7 Å². The highest BCUT2D eigenvalue weighted by Crippen LogP contribution is 2.27. The molecule has 0 atom stereocenters. The Hall–Kier alpha value is -2.93. The molecule has 0 spiro atoms. The summed E-state index contributed by atoms with van der Waals surface area (Å²) in [6.45, 7) is -0.101. The molecule has 0 radical (unpaired) electrons. The molecule has 6 nitrogen and oxygen atoms in total. The zero-order chi connectivity index (χ0) is 18.2. The van der Waals surface area contributed by atoms with Crippen molar-refractivity contribution >= 4 is 23.6 Å². The molecule has 0 bridgehead atoms. The van der Waals surface area contributed by atoms with Crippen LogP contribution in [0.15, 0.2) is 74.8 Å². The van der Waals surface area contributed by atoms with E-state index in [2.05, 4.69) is 5.32 Å². The van der Waals surface area contributed by atoms with Crippen molar-refractivity contribution in [2.45, 2.75) is 17.2 Å². The summed E-state index contributed by atoms with van der Waals surface area (Å²) < 4.78 is 15.5. The number of carbonyl (C=O) groups excluding carboxylic acids is 2. The number of hydrogen-bond donors (Lipinski definition) is 1. The van der Waals surface area contributed by atoms with Gasteiger partial charge in [0.2, 0.25) is 0 Å². The van der Waals surface area contributed by atoms with Gasteiger partial charge in [-0.15, -0.1) is 11.8 Å². The van der Waals surface area contributed by atoms with Gasteiger partial charge in [-0.2, -0.15) is 0 Å². The van der Waals surface area contributed by atoms with Crippen molar-refractivity contribution in [3.8, 4) is 0 Å². The van der Waals surface area contributed by atoms with E-state index in [0.29, 0.717) is 17.1 Å². The Balaban J connectivity index is 1.51. The van der Waals surface area contributed by atoms with Gasteiger partial charge in [-0.1, -0.05) is 12.1 Å². The fourth-order valence-electron chi connectivity index (χ4n) is 2.16. The van der Waals surface area contributed by atoms with Gasteiger partial charge < -0.3 is 18.9 Å². The molecule has 0 saturated carbocycles. The van der Waals surface area contributed by atoms with E-state index in [9.17, 15) is 9.59 Å². The first-order valence-corrected chi connectivity index (χ1v) is 8.91. The van der Waals surface area contributed by atoms with Crippen molar-refractivity contribution in [1.29, 1.82) is 0 Å². The number of benzene rings is 1. The molecule has 0 aliphatic rings. The van der Waals surface area contributed by atoms with Crippen molar-refractivity contribution in [3.05, 3.63) is 78.1 Å². The molecule has 7 heteroatoms. The lowest BCUT2D eigenvalue weighted by molar-refractivity contribution is -0.124. The first-order valence-electron chi connectivity index (χ1n) is 7.93. The van der Waals surface area contributed by atoms with Crippen molar-refractivity contribution in [3.63, 3.8) is 0 Å². The molecule has 134 valence electrons. The normalized spacial score (nSPS) is 10.5. The molecule has 0 fully saturated rings. The van der Waals surface area contributed by atoms with Gasteiger partial charge >= 0.3 is 5.97 Å². The molecule has 1 aromatic carbocycles. The maximum Gasteiger partial charge on any atom is 0.339 e. The first-order chi connectivity index (χ1) is 12.7. The lowest BCUT2D eigenvalue weighted by Crippen LogP contribution is -2.28. The minimum Gasteiger partial charge on any atom is -0.468 e. The summed E-state index contributed by atoms with van der Waals surface area (Å²) in [4.78, 5) is 24.9. The van der Waals surface area contributed by atoms with E-state index >= 15 is 0 Å². The molecule has 0 unspecified atom stereocenters. The number of furan rings is 2. The van der Waals surface area contributed by atoms with Crippen LogP contribution in [0.25, 0.3) is 0 Å². The van der Waals surface area contributed by atoms with Gasteiger partial charge in [0.05, 0.1) is 30.4 Å². The van der Waals surface area contributed by atoms with Gasteiger partial charge in [0.25, 0.3) is 5.91 Å². The fraction of sp³-hybridized carbons (Fsp3) is 0.158. The molecule has 2 heterocycles. The van der Waals surface area contributed by atoms with Gasteiger partial charge in [0, 0.05) is 4.90 Å². The molecule has 3 aromatic rings. The molecule has 0 aliphatic carbocycles. The number of esters is 1. The fourth-order valence-corrected chi connectivity index (χ4v) is 3.11. The number of thioether (sulfide) groups is 1. The van der Waals surface area contributed by atoms with Crippen LogP contribution in [0.1, 0.15) is 21.9 Å². The Morgan fingerprint density at radius 1 is 0.962 bits per heavy atom. The largest absolute Gasteiger partial charge is 0.468 e. The van der Waals surface area contributed by atoms with Crippen LogP contribution in [0, 0.1) is 0 Å². The predicted molar refractivity (Wildman–Crippen MR) is 95.5 cm³/mol. The second-order valence-corrected chi connectivity index (χ2v) is 6.31. The third-order valence-electron chi connectivity index (χ3n) is 3.43. The van der Waals surface area contributed by atoms with Crippen LogP contribution >= 0.6 is 11.8 Å². The van der Waals surface area contributed by atoms with E-state index in [1.807, 2.05) is 24.3 Å². The first kappa shape index (κ1) is 17.9. The average Bonchev–Trinajstić information content (AvgIpc) is 3.36. The van der Waals surface area contributed by atoms with Crippen LogP contribution in [0.3, 0.4) is 0 Å². The Bertz CT molecular complexity index is 843. The van der Waals surface area contributed by atoms with Crippen LogP contribution in [-0.4, -0.2) is 18.5 Å². The number of hydrogen-bond acceptors (Lipinski definition) is 6. The molecule has 0 aliphatic heterocycles. The summed E-state index contributed by atoms with van der Waals surface area (Å²) >= 11 is 1.47. The monoisotopic (exact) mass is 371 g/mol. The number of ether oxygens (including phenoxy) is 1. The number of amides is 1. The highest BCUT2D eigenvalue weighted by atomic mass is 32.2. The maximum atomic E-state index is 12.3. The highest BCUT2D eigenvalue weighted by molar-refractivity contribution is 7.98. The van der Waals surface area contributed by atoms with Crippen LogP contribution in [-0.2, 0) is 21.8 Å². The standard InChI is InChI=1S/C19H17NO5S/c21-18(20-11-14-5-3-9-23-14)12-25-19(22)16-7-1-2-8-17(16)26-13-15-6-4-10-24-15/h1-10H,11-13H2,(H,20,21). The Morgan fingerprint density at radius 2 is 1.69 bits per heavy atom. The van der Waals surface area contributed by atoms with E-state index in [4.69, 9.17) is 13.6 Å². The zero-order valence-corrected chi connectivity index (χ0v) is 14.7. The van der Waals surface area contributed by atoms with Gasteiger partial charge in [0.1, 0.15) is 11.5 Å². The topological polar surface area (TPSA) is 81.7 Å². The number of nitrogens with one attached hydrogen (secondary N) is 1. The van der Waals surface area contributed by atoms with Crippen LogP contribution < -0.4 is 5.32 Å². The molecular formula is C19H17NO5S. The SMILES string of the molecule is O=C(COC(=O)c1ccccc1SCc1ccco1)NCc1ccco1. The van der Waals surface area contributed by atoms with Gasteiger partial charge in [-0.3, -0.25) is 4.79 Å². The minimum atomic E-state index is -0.541. The number of rotatable bonds is 8. The summed E-state index contributed by atoms with van der Waals surface area (Å²) in [6, 6.07) is 14.3. The minimum absolute atomic E-state index is 0.249. The predicted octanol–water partition coefficient (Wildman–Crippen LogP) is 3.64. The smallest absolute Gasteiger partial charge is 0.339 e. The summed E-state index contributed by atoms with van der Waals surface area (Å²) in [5.74, 6) is 1.11. The van der Waals surface area contributed by atoms with E-state index in [1.54, 1.807) is 30.5 Å². The molecule has 26 heavy (non-hydrogen) atoms. The molecular weight excluding hydrogens is 354 g/mol. The third-order valence-corrected chi connectivity index (χ3v) is 4.53. The Morgan fingerprint density at radius 3 is 2.42 bits per heavy atom. The summed E-state index contributed by atoms with van der Waals surface area (Å²) in [5, 5.41) is 2.62. The summed E-state index contributed by atoms with van der Waals surface area (Å²) in [7, 11) is 0. The summed E-state index contributed by atoms with van der Waals surface area (Å²) in [5.41, 5.74) is 0.419. The van der Waals surface area contributed by atoms with Gasteiger partial charge in [0.15, 0.2) is 6.61 Å². The van der Waals surface area contributed by atoms with E-state index < -0.39 is 11.9 Å². The van der Waals surface area contributed by atoms with E-state index in [1.165, 1.54) is 18.0 Å². The Labute approximate surface area is 154 Å². The Kier molecular flexibility index (Phi) is 6.16. The van der Waals surface area contributed by atoms with E-state index in [-0.39, 0.29) is 13.2 Å². The van der Waals surface area contributed by atoms with Crippen LogP contribution in [0.5, 0.6) is 0 Å². The van der Waals surface area contributed by atoms with Crippen molar-refractivity contribution in [2.75, 3.05) is 6.61 Å². The second kappa shape index (κ2) is 8.96. The second-order valence-electron chi connectivity index (χ2n) is 5.30. The average molecular weight is 371 g/mol. The lowest BCUT2D eigenvalue weighted by Gasteiger charge is -2.09. The quantitative estimate of drug-likeness (QED) is 0.481. The van der Waals surface area contributed by atoms with Gasteiger partial charge in [-0.25, -0.2) is 4.79 Å². The van der Waals surface area contributed by atoms with Crippen molar-refractivity contribution in [1.82, 2.24) is 5.32 Å². The molecule has 1 N–H and O–H groups in total. The summed E-state index contributed by atoms with van der Waals surface area (Å²) in [6.07, 6.45) is 3.14. The molecule has 3 rings (SSSR count). The third kappa shape index (κ3) is 5.03. The highest BCUT2D eigenvalue weighted by Gasteiger charge is 2.15. The number of carbonyl (C=O) groups is 2. The van der Waals surface area contributed by atoms with Crippen molar-refractivity contribution in [2.24, 2.45) is 0 Å². The van der Waals surface area contributed by atoms with Gasteiger partial charge in [-0.05, 0) is 36.4 Å². The molecule has 1 amide bonds. The van der Waals surface area contributed by atoms with Crippen LogP contribution in [0.4, 0.5) is 0 Å². The van der Waals surface area contributed by atoms with Crippen molar-refractivity contribution < 1.29 is 23.2 Å². The molecule has 2 aromatic heterocycles. The van der Waals surface area contributed by atoms with Crippen LogP contribution in [0.2, 0.25) is 0 Å². The zero-order valence-electron chi connectivity index (χ0n) is 13.8.